The number of benzene rings is 2. The maximum atomic E-state index is 10.5. The number of nitrogens with one attached hydrogen (secondary N) is 1. The van der Waals surface area contributed by atoms with Gasteiger partial charge < -0.3 is 15.5 Å². The summed E-state index contributed by atoms with van der Waals surface area (Å²) in [4.78, 5) is 20.9. The predicted octanol–water partition coefficient (Wildman–Crippen LogP) is 3.20. The van der Waals surface area contributed by atoms with Gasteiger partial charge in [-0.2, -0.15) is 0 Å². The van der Waals surface area contributed by atoms with Gasteiger partial charge in [-0.1, -0.05) is 30.3 Å². The summed E-state index contributed by atoms with van der Waals surface area (Å²) in [5.74, 6) is -2.46. The van der Waals surface area contributed by atoms with Gasteiger partial charge in [0, 0.05) is 12.2 Å². The number of rotatable bonds is 4. The molecule has 0 aromatic heterocycles. The zero-order chi connectivity index (χ0) is 15.7. The van der Waals surface area contributed by atoms with Crippen LogP contribution in [0.25, 0.3) is 0 Å². The van der Waals surface area contributed by atoms with Gasteiger partial charge in [-0.3, -0.25) is 0 Å². The van der Waals surface area contributed by atoms with E-state index in [1.807, 2.05) is 18.2 Å². The first-order valence-corrected chi connectivity index (χ1v) is 6.40. The van der Waals surface area contributed by atoms with Crippen molar-refractivity contribution in [1.29, 1.82) is 0 Å². The Balaban J connectivity index is 0.000000219. The molecule has 0 aliphatic heterocycles. The Hall–Kier alpha value is -2.82. The maximum Gasteiger partial charge on any atom is 0.336 e. The Labute approximate surface area is 122 Å². The largest absolute Gasteiger partial charge is 0.478 e. The van der Waals surface area contributed by atoms with Gasteiger partial charge in [0.15, 0.2) is 0 Å². The number of hydrogen-bond acceptors (Lipinski definition) is 3. The van der Waals surface area contributed by atoms with E-state index in [4.69, 9.17) is 10.2 Å². The molecular formula is C16H17NO4. The monoisotopic (exact) mass is 287 g/mol. The highest BCUT2D eigenvalue weighted by Crippen LogP contribution is 2.07. The van der Waals surface area contributed by atoms with Crippen LogP contribution in [-0.4, -0.2) is 28.7 Å². The lowest BCUT2D eigenvalue weighted by Crippen LogP contribution is -2.06. The van der Waals surface area contributed by atoms with Gasteiger partial charge in [-0.05, 0) is 31.2 Å². The molecule has 0 bridgehead atoms. The van der Waals surface area contributed by atoms with Crippen LogP contribution in [0.15, 0.2) is 54.6 Å². The Morgan fingerprint density at radius 2 is 1.29 bits per heavy atom. The summed E-state index contributed by atoms with van der Waals surface area (Å²) in [5, 5.41) is 20.3. The molecule has 0 aliphatic rings. The van der Waals surface area contributed by atoms with E-state index >= 15 is 0 Å². The number of carboxylic acid groups (broad SMARTS) is 2. The molecule has 0 heterocycles. The number of hydrogen-bond donors (Lipinski definition) is 3. The standard InChI is InChI=1S/C8H11N.C8H6O4/c1-2-9-8-6-4-3-5-7-8;9-7(10)5-3-1-2-4-6(5)8(11)12/h3-7,9H,2H2,1H3;1-4H,(H,9,10)(H,11,12). The zero-order valence-corrected chi connectivity index (χ0v) is 11.6. The summed E-state index contributed by atoms with van der Waals surface area (Å²) in [7, 11) is 0. The van der Waals surface area contributed by atoms with E-state index in [1.165, 1.54) is 30.0 Å². The topological polar surface area (TPSA) is 86.6 Å². The van der Waals surface area contributed by atoms with E-state index in [2.05, 4.69) is 24.4 Å². The minimum atomic E-state index is -1.23. The molecule has 2 aromatic rings. The molecule has 2 rings (SSSR count). The summed E-state index contributed by atoms with van der Waals surface area (Å²) in [6.07, 6.45) is 0. The molecule has 2 aromatic carbocycles. The summed E-state index contributed by atoms with van der Waals surface area (Å²) < 4.78 is 0. The lowest BCUT2D eigenvalue weighted by atomic mass is 10.1. The third kappa shape index (κ3) is 5.36. The smallest absolute Gasteiger partial charge is 0.336 e. The Bertz CT molecular complexity index is 563. The van der Waals surface area contributed by atoms with Crippen molar-refractivity contribution in [3.8, 4) is 0 Å². The van der Waals surface area contributed by atoms with Crippen LogP contribution in [0.3, 0.4) is 0 Å². The number of para-hydroxylation sites is 1. The minimum absolute atomic E-state index is 0.190. The molecule has 0 unspecified atom stereocenters. The number of carboxylic acids is 2. The zero-order valence-electron chi connectivity index (χ0n) is 11.6. The van der Waals surface area contributed by atoms with Crippen LogP contribution in [-0.2, 0) is 0 Å². The molecule has 0 aliphatic carbocycles. The molecule has 0 saturated heterocycles. The SMILES string of the molecule is CCNc1ccccc1.O=C(O)c1ccccc1C(=O)O. The third-order valence-electron chi connectivity index (χ3n) is 2.54. The number of aromatic carboxylic acids is 2. The number of carbonyl (C=O) groups is 2. The van der Waals surface area contributed by atoms with E-state index in [9.17, 15) is 9.59 Å². The number of anilines is 1. The van der Waals surface area contributed by atoms with Gasteiger partial charge in [0.05, 0.1) is 11.1 Å². The molecule has 110 valence electrons. The molecule has 5 nitrogen and oxygen atoms in total. The van der Waals surface area contributed by atoms with Crippen molar-refractivity contribution in [2.75, 3.05) is 11.9 Å². The Morgan fingerprint density at radius 1 is 0.857 bits per heavy atom. The highest BCUT2D eigenvalue weighted by atomic mass is 16.4. The normalized spacial score (nSPS) is 9.19. The quantitative estimate of drug-likeness (QED) is 0.804. The molecule has 5 heteroatoms. The second-order valence-electron chi connectivity index (χ2n) is 4.05. The Kier molecular flexibility index (Phi) is 6.47. The van der Waals surface area contributed by atoms with Crippen LogP contribution in [0, 0.1) is 0 Å². The molecule has 3 N–H and O–H groups in total. The van der Waals surface area contributed by atoms with E-state index < -0.39 is 11.9 Å². The van der Waals surface area contributed by atoms with Crippen molar-refractivity contribution in [3.05, 3.63) is 65.7 Å². The highest BCUT2D eigenvalue weighted by Gasteiger charge is 2.13. The van der Waals surface area contributed by atoms with Gasteiger partial charge in [0.2, 0.25) is 0 Å². The maximum absolute atomic E-state index is 10.5. The lowest BCUT2D eigenvalue weighted by molar-refractivity contribution is 0.0651. The van der Waals surface area contributed by atoms with Crippen LogP contribution < -0.4 is 5.32 Å². The van der Waals surface area contributed by atoms with E-state index in [-0.39, 0.29) is 11.1 Å². The first-order valence-electron chi connectivity index (χ1n) is 6.40. The van der Waals surface area contributed by atoms with Gasteiger partial charge in [-0.15, -0.1) is 0 Å². The first-order chi connectivity index (χ1) is 10.1. The summed E-state index contributed by atoms with van der Waals surface area (Å²) in [5.41, 5.74) is 0.815. The van der Waals surface area contributed by atoms with Gasteiger partial charge in [0.1, 0.15) is 0 Å². The fourth-order valence-corrected chi connectivity index (χ4v) is 1.62. The van der Waals surface area contributed by atoms with E-state index in [1.54, 1.807) is 0 Å². The average Bonchev–Trinajstić information content (AvgIpc) is 2.49. The van der Waals surface area contributed by atoms with E-state index in [0.29, 0.717) is 0 Å². The van der Waals surface area contributed by atoms with Crippen LogP contribution in [0.2, 0.25) is 0 Å². The van der Waals surface area contributed by atoms with Crippen molar-refractivity contribution in [1.82, 2.24) is 0 Å². The van der Waals surface area contributed by atoms with Crippen LogP contribution >= 0.6 is 0 Å². The predicted molar refractivity (Wildman–Crippen MR) is 81.0 cm³/mol. The Morgan fingerprint density at radius 3 is 1.67 bits per heavy atom. The van der Waals surface area contributed by atoms with Crippen molar-refractivity contribution < 1.29 is 19.8 Å². The van der Waals surface area contributed by atoms with Crippen molar-refractivity contribution in [2.45, 2.75) is 6.92 Å². The van der Waals surface area contributed by atoms with E-state index in [0.717, 1.165) is 6.54 Å². The van der Waals surface area contributed by atoms with Gasteiger partial charge in [-0.25, -0.2) is 9.59 Å². The first kappa shape index (κ1) is 16.2. The molecule has 0 saturated carbocycles. The molecule has 0 radical (unpaired) electrons. The van der Waals surface area contributed by atoms with Crippen molar-refractivity contribution in [3.63, 3.8) is 0 Å². The summed E-state index contributed by atoms with van der Waals surface area (Å²) >= 11 is 0. The molecular weight excluding hydrogens is 270 g/mol. The fraction of sp³-hybridized carbons (Fsp3) is 0.125. The highest BCUT2D eigenvalue weighted by molar-refractivity contribution is 6.01. The van der Waals surface area contributed by atoms with Crippen molar-refractivity contribution in [2.24, 2.45) is 0 Å². The van der Waals surface area contributed by atoms with Crippen LogP contribution in [0.5, 0.6) is 0 Å². The second-order valence-corrected chi connectivity index (χ2v) is 4.05. The third-order valence-corrected chi connectivity index (χ3v) is 2.54. The summed E-state index contributed by atoms with van der Waals surface area (Å²) in [6, 6.07) is 15.7. The molecule has 0 amide bonds. The minimum Gasteiger partial charge on any atom is -0.478 e. The van der Waals surface area contributed by atoms with Gasteiger partial charge >= 0.3 is 11.9 Å². The fourth-order valence-electron chi connectivity index (χ4n) is 1.62. The molecule has 0 fully saturated rings. The molecule has 0 atom stereocenters. The average molecular weight is 287 g/mol. The van der Waals surface area contributed by atoms with Crippen LogP contribution in [0.1, 0.15) is 27.6 Å². The lowest BCUT2D eigenvalue weighted by Gasteiger charge is -1.99. The van der Waals surface area contributed by atoms with Crippen LogP contribution in [0.4, 0.5) is 5.69 Å². The second kappa shape index (κ2) is 8.37. The molecule has 0 spiro atoms. The van der Waals surface area contributed by atoms with Gasteiger partial charge in [0.25, 0.3) is 0 Å². The van der Waals surface area contributed by atoms with Crippen molar-refractivity contribution >= 4 is 17.6 Å². The summed E-state index contributed by atoms with van der Waals surface area (Å²) in [6.45, 7) is 3.08. The molecule has 21 heavy (non-hydrogen) atoms.